The molecule has 2 rings (SSSR count). The summed E-state index contributed by atoms with van der Waals surface area (Å²) < 4.78 is 11.3. The summed E-state index contributed by atoms with van der Waals surface area (Å²) in [4.78, 5) is 0. The zero-order chi connectivity index (χ0) is 10.6. The van der Waals surface area contributed by atoms with Crippen LogP contribution in [0.15, 0.2) is 0 Å². The standard InChI is InChI=1S/C12H19NO2/c13-7-6-12(4-5-12)10-14-9-11-3-1-2-8-15-11/h11H,1-6,8-10H2. The number of rotatable bonds is 5. The van der Waals surface area contributed by atoms with E-state index >= 15 is 0 Å². The van der Waals surface area contributed by atoms with Crippen molar-refractivity contribution in [3.8, 4) is 6.07 Å². The van der Waals surface area contributed by atoms with Gasteiger partial charge < -0.3 is 9.47 Å². The molecule has 0 radical (unpaired) electrons. The second kappa shape index (κ2) is 4.96. The Hall–Kier alpha value is -0.590. The van der Waals surface area contributed by atoms with Gasteiger partial charge in [0.05, 0.1) is 25.4 Å². The van der Waals surface area contributed by atoms with Crippen molar-refractivity contribution >= 4 is 0 Å². The van der Waals surface area contributed by atoms with Crippen LogP contribution >= 0.6 is 0 Å². The molecule has 1 saturated carbocycles. The minimum Gasteiger partial charge on any atom is -0.378 e. The van der Waals surface area contributed by atoms with E-state index in [0.717, 1.165) is 32.5 Å². The van der Waals surface area contributed by atoms with Crippen LogP contribution in [0.4, 0.5) is 0 Å². The van der Waals surface area contributed by atoms with Gasteiger partial charge in [-0.15, -0.1) is 0 Å². The predicted molar refractivity (Wildman–Crippen MR) is 56.3 cm³/mol. The molecule has 0 amide bonds. The highest BCUT2D eigenvalue weighted by Crippen LogP contribution is 2.48. The molecule has 3 heteroatoms. The number of hydrogen-bond donors (Lipinski definition) is 0. The molecule has 3 nitrogen and oxygen atoms in total. The Labute approximate surface area is 91.4 Å². The van der Waals surface area contributed by atoms with E-state index in [0.29, 0.717) is 19.1 Å². The normalized spacial score (nSPS) is 28.3. The molecule has 0 bridgehead atoms. The molecule has 84 valence electrons. The molecule has 0 N–H and O–H groups in total. The smallest absolute Gasteiger partial charge is 0.0808 e. The fourth-order valence-corrected chi connectivity index (χ4v) is 2.06. The topological polar surface area (TPSA) is 42.2 Å². The molecule has 1 heterocycles. The molecule has 1 saturated heterocycles. The Morgan fingerprint density at radius 1 is 1.40 bits per heavy atom. The lowest BCUT2D eigenvalue weighted by molar-refractivity contribution is -0.0486. The molecule has 0 spiro atoms. The third-order valence-corrected chi connectivity index (χ3v) is 3.40. The number of nitriles is 1. The van der Waals surface area contributed by atoms with Crippen molar-refractivity contribution in [1.29, 1.82) is 5.26 Å². The van der Waals surface area contributed by atoms with Crippen LogP contribution in [0.5, 0.6) is 0 Å². The van der Waals surface area contributed by atoms with Gasteiger partial charge in [0.25, 0.3) is 0 Å². The number of hydrogen-bond acceptors (Lipinski definition) is 3. The second-order valence-electron chi connectivity index (χ2n) is 4.84. The molecule has 1 unspecified atom stereocenters. The summed E-state index contributed by atoms with van der Waals surface area (Å²) >= 11 is 0. The molecule has 1 atom stereocenters. The molecule has 2 aliphatic rings. The third kappa shape index (κ3) is 3.19. The van der Waals surface area contributed by atoms with E-state index in [-0.39, 0.29) is 5.41 Å². The lowest BCUT2D eigenvalue weighted by Gasteiger charge is -2.23. The molecule has 1 aliphatic heterocycles. The lowest BCUT2D eigenvalue weighted by atomic mass is 10.1. The van der Waals surface area contributed by atoms with E-state index in [9.17, 15) is 0 Å². The molecule has 0 aromatic carbocycles. The van der Waals surface area contributed by atoms with Crippen LogP contribution in [0.1, 0.15) is 38.5 Å². The molecule has 15 heavy (non-hydrogen) atoms. The van der Waals surface area contributed by atoms with Gasteiger partial charge in [-0.1, -0.05) is 0 Å². The van der Waals surface area contributed by atoms with Crippen LogP contribution in [-0.4, -0.2) is 25.9 Å². The van der Waals surface area contributed by atoms with Crippen molar-refractivity contribution in [3.05, 3.63) is 0 Å². The van der Waals surface area contributed by atoms with E-state index in [1.807, 2.05) is 0 Å². The summed E-state index contributed by atoms with van der Waals surface area (Å²) in [5.41, 5.74) is 0.212. The summed E-state index contributed by atoms with van der Waals surface area (Å²) in [7, 11) is 0. The lowest BCUT2D eigenvalue weighted by Crippen LogP contribution is -2.25. The third-order valence-electron chi connectivity index (χ3n) is 3.40. The van der Waals surface area contributed by atoms with Crippen molar-refractivity contribution in [3.63, 3.8) is 0 Å². The van der Waals surface area contributed by atoms with E-state index < -0.39 is 0 Å². The first-order valence-corrected chi connectivity index (χ1v) is 5.91. The van der Waals surface area contributed by atoms with Crippen LogP contribution in [0, 0.1) is 16.7 Å². The average Bonchev–Trinajstić information content (AvgIpc) is 3.00. The van der Waals surface area contributed by atoms with E-state index in [1.54, 1.807) is 0 Å². The van der Waals surface area contributed by atoms with Gasteiger partial charge in [-0.05, 0) is 32.1 Å². The SMILES string of the molecule is N#CCC1(COCC2CCCCO2)CC1. The van der Waals surface area contributed by atoms with Gasteiger partial charge in [-0.3, -0.25) is 0 Å². The monoisotopic (exact) mass is 209 g/mol. The van der Waals surface area contributed by atoms with E-state index in [4.69, 9.17) is 14.7 Å². The van der Waals surface area contributed by atoms with Crippen LogP contribution in [0.2, 0.25) is 0 Å². The average molecular weight is 209 g/mol. The Morgan fingerprint density at radius 2 is 2.27 bits per heavy atom. The van der Waals surface area contributed by atoms with Gasteiger partial charge in [-0.25, -0.2) is 0 Å². The van der Waals surface area contributed by atoms with Gasteiger partial charge in [-0.2, -0.15) is 5.26 Å². The minimum atomic E-state index is 0.212. The Kier molecular flexibility index (Phi) is 3.61. The molecule has 2 fully saturated rings. The van der Waals surface area contributed by atoms with Crippen LogP contribution in [-0.2, 0) is 9.47 Å². The molecule has 0 aromatic rings. The highest BCUT2D eigenvalue weighted by Gasteiger charge is 2.42. The Morgan fingerprint density at radius 3 is 2.87 bits per heavy atom. The number of nitrogens with zero attached hydrogens (tertiary/aromatic N) is 1. The zero-order valence-corrected chi connectivity index (χ0v) is 9.21. The second-order valence-corrected chi connectivity index (χ2v) is 4.84. The van der Waals surface area contributed by atoms with Crippen LogP contribution < -0.4 is 0 Å². The van der Waals surface area contributed by atoms with Gasteiger partial charge in [0, 0.05) is 18.4 Å². The predicted octanol–water partition coefficient (Wildman–Crippen LogP) is 2.27. The van der Waals surface area contributed by atoms with Crippen molar-refractivity contribution < 1.29 is 9.47 Å². The Bertz CT molecular complexity index is 236. The van der Waals surface area contributed by atoms with Crippen molar-refractivity contribution in [2.24, 2.45) is 5.41 Å². The maximum Gasteiger partial charge on any atom is 0.0808 e. The number of ether oxygens (including phenoxy) is 2. The van der Waals surface area contributed by atoms with Crippen molar-refractivity contribution in [2.45, 2.75) is 44.6 Å². The maximum atomic E-state index is 8.66. The summed E-state index contributed by atoms with van der Waals surface area (Å²) in [6.45, 7) is 2.35. The van der Waals surface area contributed by atoms with Gasteiger partial charge >= 0.3 is 0 Å². The first-order chi connectivity index (χ1) is 7.35. The quantitative estimate of drug-likeness (QED) is 0.697. The fraction of sp³-hybridized carbons (Fsp3) is 0.917. The maximum absolute atomic E-state index is 8.66. The summed E-state index contributed by atoms with van der Waals surface area (Å²) in [5, 5.41) is 8.66. The Balaban J connectivity index is 1.60. The van der Waals surface area contributed by atoms with Gasteiger partial charge in [0.15, 0.2) is 0 Å². The zero-order valence-electron chi connectivity index (χ0n) is 9.21. The molecule has 1 aliphatic carbocycles. The van der Waals surface area contributed by atoms with E-state index in [1.165, 1.54) is 12.8 Å². The van der Waals surface area contributed by atoms with Crippen LogP contribution in [0.3, 0.4) is 0 Å². The molecule has 0 aromatic heterocycles. The first kappa shape index (κ1) is 10.9. The highest BCUT2D eigenvalue weighted by atomic mass is 16.5. The van der Waals surface area contributed by atoms with Gasteiger partial charge in [0.1, 0.15) is 0 Å². The van der Waals surface area contributed by atoms with Crippen molar-refractivity contribution in [2.75, 3.05) is 19.8 Å². The first-order valence-electron chi connectivity index (χ1n) is 5.91. The summed E-state index contributed by atoms with van der Waals surface area (Å²) in [6, 6.07) is 2.25. The molecular formula is C12H19NO2. The van der Waals surface area contributed by atoms with Gasteiger partial charge in [0.2, 0.25) is 0 Å². The van der Waals surface area contributed by atoms with Crippen LogP contribution in [0.25, 0.3) is 0 Å². The van der Waals surface area contributed by atoms with E-state index in [2.05, 4.69) is 6.07 Å². The molecular weight excluding hydrogens is 190 g/mol. The minimum absolute atomic E-state index is 0.212. The van der Waals surface area contributed by atoms with Crippen molar-refractivity contribution in [1.82, 2.24) is 0 Å². The summed E-state index contributed by atoms with van der Waals surface area (Å²) in [5.74, 6) is 0. The fourth-order valence-electron chi connectivity index (χ4n) is 2.06. The highest BCUT2D eigenvalue weighted by molar-refractivity contribution is 4.99. The summed E-state index contributed by atoms with van der Waals surface area (Å²) in [6.07, 6.45) is 6.85. The largest absolute Gasteiger partial charge is 0.378 e.